The molecular weight excluding hydrogens is 769 g/mol. The van der Waals surface area contributed by atoms with Crippen molar-refractivity contribution in [1.29, 1.82) is 0 Å². The number of allylic oxidation sites excluding steroid dienone is 8. The standard InChI is InChI=1S/C56H100O6/c1-4-7-10-13-16-19-22-24-26-27-28-29-31-32-34-37-40-43-46-49-55(58)61-52-53(51-60-54(57)48-45-42-39-36-21-18-15-12-9-6-3)62-56(59)50-47-44-41-38-35-33-30-25-23-20-17-14-11-8-5-2/h8,11,17,20,25,30,35,38,53H,4-7,9-10,12-16,18-19,21-24,26-29,31-34,36-37,39-52H2,1-3H3/b11-8-,20-17-,30-25-,38-35-/t53-/m1/s1. The lowest BCUT2D eigenvalue weighted by atomic mass is 10.0. The predicted octanol–water partition coefficient (Wildman–Crippen LogP) is 17.5. The highest BCUT2D eigenvalue weighted by atomic mass is 16.6. The molecule has 6 heteroatoms. The molecule has 0 bridgehead atoms. The molecule has 0 rings (SSSR count). The SMILES string of the molecule is CC/C=C\C/C=C\C/C=C\C/C=C\CCCCC(=O)O[C@H](COC(=O)CCCCCCCCCCCC)COC(=O)CCCCCCCCCCCCCCCCCCCCC. The molecule has 0 aromatic carbocycles. The molecule has 0 heterocycles. The van der Waals surface area contributed by atoms with Gasteiger partial charge in [0.1, 0.15) is 13.2 Å². The Morgan fingerprint density at radius 3 is 0.984 bits per heavy atom. The average molecular weight is 869 g/mol. The normalized spacial score (nSPS) is 12.4. The van der Waals surface area contributed by atoms with Crippen LogP contribution in [0.4, 0.5) is 0 Å². The molecule has 0 saturated heterocycles. The van der Waals surface area contributed by atoms with Gasteiger partial charge in [0.05, 0.1) is 0 Å². The lowest BCUT2D eigenvalue weighted by molar-refractivity contribution is -0.167. The van der Waals surface area contributed by atoms with Crippen molar-refractivity contribution in [3.05, 3.63) is 48.6 Å². The van der Waals surface area contributed by atoms with Crippen LogP contribution in [0.3, 0.4) is 0 Å². The summed E-state index contributed by atoms with van der Waals surface area (Å²) in [6, 6.07) is 0. The van der Waals surface area contributed by atoms with Gasteiger partial charge < -0.3 is 14.2 Å². The van der Waals surface area contributed by atoms with Crippen LogP contribution in [0.5, 0.6) is 0 Å². The number of hydrogen-bond acceptors (Lipinski definition) is 6. The van der Waals surface area contributed by atoms with Crippen molar-refractivity contribution in [2.24, 2.45) is 0 Å². The van der Waals surface area contributed by atoms with E-state index in [0.29, 0.717) is 19.3 Å². The van der Waals surface area contributed by atoms with E-state index in [2.05, 4.69) is 69.4 Å². The topological polar surface area (TPSA) is 78.9 Å². The van der Waals surface area contributed by atoms with E-state index in [0.717, 1.165) is 77.0 Å². The molecule has 0 aromatic rings. The van der Waals surface area contributed by atoms with Gasteiger partial charge in [0, 0.05) is 19.3 Å². The third-order valence-electron chi connectivity index (χ3n) is 11.6. The van der Waals surface area contributed by atoms with Crippen LogP contribution in [-0.4, -0.2) is 37.2 Å². The minimum absolute atomic E-state index is 0.0861. The van der Waals surface area contributed by atoms with E-state index in [1.165, 1.54) is 148 Å². The van der Waals surface area contributed by atoms with Crippen LogP contribution < -0.4 is 0 Å². The maximum absolute atomic E-state index is 12.8. The molecule has 0 aliphatic carbocycles. The van der Waals surface area contributed by atoms with Crippen molar-refractivity contribution >= 4 is 17.9 Å². The summed E-state index contributed by atoms with van der Waals surface area (Å²) in [6.07, 6.45) is 61.1. The fourth-order valence-corrected chi connectivity index (χ4v) is 7.61. The number of carbonyl (C=O) groups is 3. The monoisotopic (exact) mass is 869 g/mol. The zero-order chi connectivity index (χ0) is 45.1. The summed E-state index contributed by atoms with van der Waals surface area (Å²) >= 11 is 0. The van der Waals surface area contributed by atoms with E-state index in [4.69, 9.17) is 14.2 Å². The Balaban J connectivity index is 4.33. The van der Waals surface area contributed by atoms with E-state index in [1.54, 1.807) is 0 Å². The number of rotatable bonds is 48. The highest BCUT2D eigenvalue weighted by Crippen LogP contribution is 2.16. The van der Waals surface area contributed by atoms with Crippen molar-refractivity contribution in [3.8, 4) is 0 Å². The lowest BCUT2D eigenvalue weighted by Crippen LogP contribution is -2.30. The summed E-state index contributed by atoms with van der Waals surface area (Å²) in [4.78, 5) is 37.9. The molecule has 0 saturated carbocycles. The van der Waals surface area contributed by atoms with Crippen molar-refractivity contribution in [3.63, 3.8) is 0 Å². The van der Waals surface area contributed by atoms with Gasteiger partial charge in [0.2, 0.25) is 0 Å². The highest BCUT2D eigenvalue weighted by molar-refractivity contribution is 5.71. The van der Waals surface area contributed by atoms with Crippen molar-refractivity contribution in [2.45, 2.75) is 277 Å². The van der Waals surface area contributed by atoms with Gasteiger partial charge in [-0.05, 0) is 57.8 Å². The quantitative estimate of drug-likeness (QED) is 0.0262. The van der Waals surface area contributed by atoms with E-state index in [9.17, 15) is 14.4 Å². The summed E-state index contributed by atoms with van der Waals surface area (Å²) in [5, 5.41) is 0. The molecule has 0 radical (unpaired) electrons. The minimum atomic E-state index is -0.789. The molecule has 6 nitrogen and oxygen atoms in total. The Labute approximate surface area is 384 Å². The second-order valence-corrected chi connectivity index (χ2v) is 17.8. The van der Waals surface area contributed by atoms with E-state index < -0.39 is 6.10 Å². The van der Waals surface area contributed by atoms with Crippen LogP contribution in [0.1, 0.15) is 271 Å². The van der Waals surface area contributed by atoms with Gasteiger partial charge in [0.25, 0.3) is 0 Å². The molecule has 0 aliphatic heterocycles. The third kappa shape index (κ3) is 48.4. The van der Waals surface area contributed by atoms with Crippen molar-refractivity contribution in [2.75, 3.05) is 13.2 Å². The highest BCUT2D eigenvalue weighted by Gasteiger charge is 2.19. The molecule has 0 aliphatic rings. The molecule has 0 aromatic heterocycles. The van der Waals surface area contributed by atoms with Gasteiger partial charge in [-0.15, -0.1) is 0 Å². The number of esters is 3. The molecule has 0 unspecified atom stereocenters. The number of unbranched alkanes of at least 4 members (excludes halogenated alkanes) is 29. The second-order valence-electron chi connectivity index (χ2n) is 17.8. The molecular formula is C56H100O6. The van der Waals surface area contributed by atoms with Gasteiger partial charge >= 0.3 is 17.9 Å². The van der Waals surface area contributed by atoms with Gasteiger partial charge in [-0.25, -0.2) is 0 Å². The first-order valence-corrected chi connectivity index (χ1v) is 26.6. The molecule has 62 heavy (non-hydrogen) atoms. The van der Waals surface area contributed by atoms with Crippen LogP contribution in [-0.2, 0) is 28.6 Å². The van der Waals surface area contributed by atoms with E-state index in [1.807, 2.05) is 0 Å². The fourth-order valence-electron chi connectivity index (χ4n) is 7.61. The molecule has 0 amide bonds. The lowest BCUT2D eigenvalue weighted by Gasteiger charge is -2.18. The van der Waals surface area contributed by atoms with E-state index in [-0.39, 0.29) is 37.5 Å². The summed E-state index contributed by atoms with van der Waals surface area (Å²) in [6.45, 7) is 6.50. The van der Waals surface area contributed by atoms with Crippen LogP contribution in [0.15, 0.2) is 48.6 Å². The second kappa shape index (κ2) is 51.0. The Morgan fingerprint density at radius 1 is 0.339 bits per heavy atom. The van der Waals surface area contributed by atoms with E-state index >= 15 is 0 Å². The average Bonchev–Trinajstić information content (AvgIpc) is 3.27. The Kier molecular flexibility index (Phi) is 48.8. The Hall–Kier alpha value is -2.63. The smallest absolute Gasteiger partial charge is 0.306 e. The Bertz CT molecular complexity index is 1090. The minimum Gasteiger partial charge on any atom is -0.462 e. The maximum atomic E-state index is 12.8. The van der Waals surface area contributed by atoms with Crippen LogP contribution in [0.2, 0.25) is 0 Å². The summed E-state index contributed by atoms with van der Waals surface area (Å²) in [7, 11) is 0. The summed E-state index contributed by atoms with van der Waals surface area (Å²) in [5.74, 6) is -0.919. The Morgan fingerprint density at radius 2 is 0.629 bits per heavy atom. The predicted molar refractivity (Wildman–Crippen MR) is 265 cm³/mol. The van der Waals surface area contributed by atoms with Gasteiger partial charge in [-0.1, -0.05) is 243 Å². The van der Waals surface area contributed by atoms with Crippen LogP contribution in [0.25, 0.3) is 0 Å². The van der Waals surface area contributed by atoms with Gasteiger partial charge in [0.15, 0.2) is 6.10 Å². The molecule has 0 N–H and O–H groups in total. The third-order valence-corrected chi connectivity index (χ3v) is 11.6. The van der Waals surface area contributed by atoms with Gasteiger partial charge in [-0.2, -0.15) is 0 Å². The zero-order valence-electron chi connectivity index (χ0n) is 41.1. The number of hydrogen-bond donors (Lipinski definition) is 0. The van der Waals surface area contributed by atoms with Crippen LogP contribution >= 0.6 is 0 Å². The van der Waals surface area contributed by atoms with Gasteiger partial charge in [-0.3, -0.25) is 14.4 Å². The number of ether oxygens (including phenoxy) is 3. The van der Waals surface area contributed by atoms with Crippen molar-refractivity contribution < 1.29 is 28.6 Å². The molecule has 1 atom stereocenters. The molecule has 0 fully saturated rings. The molecule has 360 valence electrons. The first-order chi connectivity index (χ1) is 30.5. The first kappa shape index (κ1) is 59.4. The maximum Gasteiger partial charge on any atom is 0.306 e. The summed E-state index contributed by atoms with van der Waals surface area (Å²) in [5.41, 5.74) is 0. The largest absolute Gasteiger partial charge is 0.462 e. The zero-order valence-corrected chi connectivity index (χ0v) is 41.1. The summed E-state index contributed by atoms with van der Waals surface area (Å²) < 4.78 is 16.8. The fraction of sp³-hybridized carbons (Fsp3) is 0.804. The number of carbonyl (C=O) groups excluding carboxylic acids is 3. The molecule has 0 spiro atoms. The van der Waals surface area contributed by atoms with Crippen LogP contribution in [0, 0.1) is 0 Å². The first-order valence-electron chi connectivity index (χ1n) is 26.6. The van der Waals surface area contributed by atoms with Crippen molar-refractivity contribution in [1.82, 2.24) is 0 Å².